The minimum atomic E-state index is -0.596. The molecule has 5 aromatic rings. The SMILES string of the molecule is COCCn1nnnc1C(c1cc2c(C)ccc(C)c2[nH]c1=O)N(Cc1cccnc1)Cc1ccccc1Cl. The first-order valence-corrected chi connectivity index (χ1v) is 13.1. The van der Waals surface area contributed by atoms with Gasteiger partial charge < -0.3 is 9.72 Å². The molecule has 5 rings (SSSR count). The summed E-state index contributed by atoms with van der Waals surface area (Å²) in [6.45, 7) is 5.81. The first kappa shape index (κ1) is 26.7. The normalized spacial score (nSPS) is 12.3. The van der Waals surface area contributed by atoms with Gasteiger partial charge in [0.1, 0.15) is 6.04 Å². The Hall–Kier alpha value is -3.92. The summed E-state index contributed by atoms with van der Waals surface area (Å²) in [6.07, 6.45) is 3.56. The number of methoxy groups -OCH3 is 1. The van der Waals surface area contributed by atoms with E-state index in [1.165, 1.54) is 0 Å². The fraction of sp³-hybridized carbons (Fsp3) is 0.276. The first-order valence-electron chi connectivity index (χ1n) is 12.7. The fourth-order valence-electron chi connectivity index (χ4n) is 4.85. The van der Waals surface area contributed by atoms with Crippen molar-refractivity contribution in [1.29, 1.82) is 0 Å². The van der Waals surface area contributed by atoms with Crippen LogP contribution in [-0.4, -0.2) is 48.8 Å². The Morgan fingerprint density at radius 1 is 1.08 bits per heavy atom. The van der Waals surface area contributed by atoms with Crippen LogP contribution >= 0.6 is 11.6 Å². The molecule has 39 heavy (non-hydrogen) atoms. The second-order valence-electron chi connectivity index (χ2n) is 9.56. The minimum absolute atomic E-state index is 0.196. The monoisotopic (exact) mass is 543 g/mol. The number of H-pyrrole nitrogens is 1. The van der Waals surface area contributed by atoms with Crippen molar-refractivity contribution in [3.63, 3.8) is 0 Å². The Kier molecular flexibility index (Phi) is 8.11. The molecular weight excluding hydrogens is 514 g/mol. The summed E-state index contributed by atoms with van der Waals surface area (Å²) in [5.41, 5.74) is 5.15. The van der Waals surface area contributed by atoms with Gasteiger partial charge in [0.2, 0.25) is 0 Å². The lowest BCUT2D eigenvalue weighted by atomic mass is 9.98. The lowest BCUT2D eigenvalue weighted by molar-refractivity contribution is 0.169. The molecule has 1 unspecified atom stereocenters. The highest BCUT2D eigenvalue weighted by atomic mass is 35.5. The van der Waals surface area contributed by atoms with Gasteiger partial charge in [-0.05, 0) is 64.7 Å². The van der Waals surface area contributed by atoms with Gasteiger partial charge >= 0.3 is 0 Å². The summed E-state index contributed by atoms with van der Waals surface area (Å²) in [4.78, 5) is 23.4. The van der Waals surface area contributed by atoms with Crippen molar-refractivity contribution in [2.24, 2.45) is 0 Å². The van der Waals surface area contributed by atoms with E-state index in [-0.39, 0.29) is 5.56 Å². The van der Waals surface area contributed by atoms with Crippen molar-refractivity contribution in [2.75, 3.05) is 13.7 Å². The number of halogens is 1. The molecule has 0 fully saturated rings. The molecule has 0 radical (unpaired) electrons. The molecule has 0 saturated carbocycles. The Morgan fingerprint density at radius 3 is 2.67 bits per heavy atom. The number of benzene rings is 2. The Balaban J connectivity index is 1.73. The smallest absolute Gasteiger partial charge is 0.253 e. The maximum atomic E-state index is 13.8. The molecule has 3 heterocycles. The van der Waals surface area contributed by atoms with E-state index in [0.29, 0.717) is 42.7 Å². The lowest BCUT2D eigenvalue weighted by Gasteiger charge is -2.31. The van der Waals surface area contributed by atoms with Crippen molar-refractivity contribution >= 4 is 22.5 Å². The van der Waals surface area contributed by atoms with Crippen LogP contribution in [0.4, 0.5) is 0 Å². The Morgan fingerprint density at radius 2 is 1.90 bits per heavy atom. The highest BCUT2D eigenvalue weighted by Gasteiger charge is 2.31. The lowest BCUT2D eigenvalue weighted by Crippen LogP contribution is -2.35. The molecule has 9 nitrogen and oxygen atoms in total. The fourth-order valence-corrected chi connectivity index (χ4v) is 5.04. The third kappa shape index (κ3) is 5.75. The second kappa shape index (κ2) is 11.9. The van der Waals surface area contributed by atoms with Gasteiger partial charge in [-0.1, -0.05) is 48.0 Å². The Labute approximate surface area is 231 Å². The number of pyridine rings is 2. The molecule has 0 saturated heterocycles. The minimum Gasteiger partial charge on any atom is -0.383 e. The molecule has 0 aliphatic rings. The number of rotatable bonds is 10. The standard InChI is InChI=1S/C29H30ClN7O2/c1-19-10-11-20(2)26-23(19)15-24(29(38)32-26)27(28-33-34-35-37(28)13-14-39-3)36(17-21-7-6-12-31-16-21)18-22-8-4-5-9-25(22)30/h4-12,15-16,27H,13-14,17-18H2,1-3H3,(H,32,38). The summed E-state index contributed by atoms with van der Waals surface area (Å²) < 4.78 is 7.01. The number of fused-ring (bicyclic) bond motifs is 1. The van der Waals surface area contributed by atoms with Gasteiger partial charge in [0.25, 0.3) is 5.56 Å². The van der Waals surface area contributed by atoms with Crippen LogP contribution in [0, 0.1) is 13.8 Å². The van der Waals surface area contributed by atoms with Crippen LogP contribution in [0.25, 0.3) is 10.9 Å². The number of hydrogen-bond donors (Lipinski definition) is 1. The van der Waals surface area contributed by atoms with Gasteiger partial charge in [-0.15, -0.1) is 5.10 Å². The maximum Gasteiger partial charge on any atom is 0.253 e. The average molecular weight is 544 g/mol. The quantitative estimate of drug-likeness (QED) is 0.274. The van der Waals surface area contributed by atoms with E-state index in [1.807, 2.05) is 68.6 Å². The molecule has 1 atom stereocenters. The molecule has 0 amide bonds. The molecule has 0 aliphatic heterocycles. The van der Waals surface area contributed by atoms with E-state index in [9.17, 15) is 4.79 Å². The number of nitrogens with zero attached hydrogens (tertiary/aromatic N) is 6. The van der Waals surface area contributed by atoms with E-state index in [0.717, 1.165) is 33.2 Å². The third-order valence-corrected chi connectivity index (χ3v) is 7.25. The van der Waals surface area contributed by atoms with Crippen LogP contribution in [0.2, 0.25) is 5.02 Å². The van der Waals surface area contributed by atoms with Crippen molar-refractivity contribution < 1.29 is 4.74 Å². The maximum absolute atomic E-state index is 13.8. The molecular formula is C29H30ClN7O2. The van der Waals surface area contributed by atoms with Crippen LogP contribution in [0.15, 0.2) is 71.8 Å². The topological polar surface area (TPSA) is 102 Å². The number of tetrazole rings is 1. The van der Waals surface area contributed by atoms with Gasteiger partial charge in [0.15, 0.2) is 5.82 Å². The zero-order valence-electron chi connectivity index (χ0n) is 22.1. The largest absolute Gasteiger partial charge is 0.383 e. The van der Waals surface area contributed by atoms with E-state index in [2.05, 4.69) is 36.5 Å². The predicted molar refractivity (Wildman–Crippen MR) is 151 cm³/mol. The zero-order chi connectivity index (χ0) is 27.4. The van der Waals surface area contributed by atoms with Crippen LogP contribution in [0.5, 0.6) is 0 Å². The number of ether oxygens (including phenoxy) is 1. The summed E-state index contributed by atoms with van der Waals surface area (Å²) in [6, 6.07) is 17.1. The van der Waals surface area contributed by atoms with Crippen LogP contribution in [-0.2, 0) is 24.4 Å². The van der Waals surface area contributed by atoms with Crippen LogP contribution in [0.3, 0.4) is 0 Å². The van der Waals surface area contributed by atoms with Crippen molar-refractivity contribution in [3.8, 4) is 0 Å². The molecule has 0 bridgehead atoms. The third-order valence-electron chi connectivity index (χ3n) is 6.88. The van der Waals surface area contributed by atoms with E-state index in [4.69, 9.17) is 16.3 Å². The first-order chi connectivity index (χ1) is 19.0. The highest BCUT2D eigenvalue weighted by molar-refractivity contribution is 6.31. The number of aromatic nitrogens is 6. The number of nitrogens with one attached hydrogen (secondary N) is 1. The summed E-state index contributed by atoms with van der Waals surface area (Å²) in [5, 5.41) is 14.3. The average Bonchev–Trinajstić information content (AvgIpc) is 3.40. The van der Waals surface area contributed by atoms with Gasteiger partial charge in [0.05, 0.1) is 18.7 Å². The van der Waals surface area contributed by atoms with Crippen molar-refractivity contribution in [2.45, 2.75) is 39.5 Å². The molecule has 0 spiro atoms. The molecule has 0 aliphatic carbocycles. The molecule has 200 valence electrons. The van der Waals surface area contributed by atoms with Crippen LogP contribution in [0.1, 0.15) is 39.7 Å². The molecule has 3 aromatic heterocycles. The number of aryl methyl sites for hydroxylation is 2. The van der Waals surface area contributed by atoms with Crippen LogP contribution < -0.4 is 5.56 Å². The van der Waals surface area contributed by atoms with Gasteiger partial charge in [-0.25, -0.2) is 4.68 Å². The molecule has 2 aromatic carbocycles. The highest BCUT2D eigenvalue weighted by Crippen LogP contribution is 2.32. The number of hydrogen-bond acceptors (Lipinski definition) is 7. The second-order valence-corrected chi connectivity index (χ2v) is 9.96. The zero-order valence-corrected chi connectivity index (χ0v) is 22.9. The van der Waals surface area contributed by atoms with Crippen molar-refractivity contribution in [3.05, 3.63) is 116 Å². The van der Waals surface area contributed by atoms with Gasteiger partial charge in [0, 0.05) is 48.6 Å². The van der Waals surface area contributed by atoms with Gasteiger partial charge in [-0.3, -0.25) is 14.7 Å². The predicted octanol–water partition coefficient (Wildman–Crippen LogP) is 4.62. The summed E-state index contributed by atoms with van der Waals surface area (Å²) >= 11 is 6.63. The number of aromatic amines is 1. The van der Waals surface area contributed by atoms with E-state index in [1.54, 1.807) is 18.0 Å². The molecule has 10 heteroatoms. The van der Waals surface area contributed by atoms with Gasteiger partial charge in [-0.2, -0.15) is 0 Å². The molecule has 1 N–H and O–H groups in total. The summed E-state index contributed by atoms with van der Waals surface area (Å²) in [7, 11) is 1.63. The van der Waals surface area contributed by atoms with E-state index >= 15 is 0 Å². The summed E-state index contributed by atoms with van der Waals surface area (Å²) in [5.74, 6) is 0.540. The Bertz CT molecular complexity index is 1630. The van der Waals surface area contributed by atoms with E-state index < -0.39 is 6.04 Å². The van der Waals surface area contributed by atoms with Crippen molar-refractivity contribution in [1.82, 2.24) is 35.1 Å².